The van der Waals surface area contributed by atoms with Crippen LogP contribution < -0.4 is 5.32 Å². The number of carbonyl (C=O) groups is 1. The number of amides is 1. The summed E-state index contributed by atoms with van der Waals surface area (Å²) in [6.07, 6.45) is 1.22. The predicted octanol–water partition coefficient (Wildman–Crippen LogP) is 0.838. The minimum absolute atomic E-state index is 0.0204. The third-order valence-electron chi connectivity index (χ3n) is 1.67. The van der Waals surface area contributed by atoms with Crippen molar-refractivity contribution in [3.8, 4) is 0 Å². The van der Waals surface area contributed by atoms with Crippen LogP contribution in [0.1, 0.15) is 12.1 Å². The molecule has 0 unspecified atom stereocenters. The van der Waals surface area contributed by atoms with Gasteiger partial charge in [-0.25, -0.2) is 4.98 Å². The second kappa shape index (κ2) is 6.50. The van der Waals surface area contributed by atoms with E-state index in [9.17, 15) is 4.79 Å². The molecule has 0 fully saturated rings. The number of nitrogens with zero attached hydrogens (tertiary/aromatic N) is 1. The van der Waals surface area contributed by atoms with Crippen molar-refractivity contribution in [2.24, 2.45) is 0 Å². The first-order valence-electron chi connectivity index (χ1n) is 4.45. The van der Waals surface area contributed by atoms with Crippen LogP contribution in [-0.4, -0.2) is 31.2 Å². The molecule has 14 heavy (non-hydrogen) atoms. The standard InChI is InChI=1S/C9H14N2O2S/c1-13-4-2-3-10-9(12)5-8-6-14-7-11-8/h6-7H,2-5H2,1H3,(H,10,12). The zero-order chi connectivity index (χ0) is 10.2. The Hall–Kier alpha value is -0.940. The van der Waals surface area contributed by atoms with Gasteiger partial charge in [0, 0.05) is 25.6 Å². The molecule has 1 amide bonds. The van der Waals surface area contributed by atoms with Crippen molar-refractivity contribution >= 4 is 17.2 Å². The van der Waals surface area contributed by atoms with Crippen LogP contribution in [0, 0.1) is 0 Å². The number of rotatable bonds is 6. The fourth-order valence-corrected chi connectivity index (χ4v) is 1.55. The second-order valence-electron chi connectivity index (χ2n) is 2.85. The maximum atomic E-state index is 11.3. The molecular formula is C9H14N2O2S. The van der Waals surface area contributed by atoms with Crippen LogP contribution in [0.4, 0.5) is 0 Å². The summed E-state index contributed by atoms with van der Waals surface area (Å²) in [6.45, 7) is 1.34. The highest BCUT2D eigenvalue weighted by atomic mass is 32.1. The smallest absolute Gasteiger partial charge is 0.226 e. The Bertz CT molecular complexity index is 262. The van der Waals surface area contributed by atoms with Gasteiger partial charge < -0.3 is 10.1 Å². The van der Waals surface area contributed by atoms with Crippen molar-refractivity contribution < 1.29 is 9.53 Å². The number of aromatic nitrogens is 1. The van der Waals surface area contributed by atoms with Gasteiger partial charge in [-0.2, -0.15) is 0 Å². The first kappa shape index (κ1) is 11.1. The monoisotopic (exact) mass is 214 g/mol. The van der Waals surface area contributed by atoms with E-state index in [1.165, 1.54) is 11.3 Å². The van der Waals surface area contributed by atoms with Crippen LogP contribution in [0.2, 0.25) is 0 Å². The van der Waals surface area contributed by atoms with E-state index in [4.69, 9.17) is 4.74 Å². The van der Waals surface area contributed by atoms with E-state index < -0.39 is 0 Å². The van der Waals surface area contributed by atoms with Gasteiger partial charge in [0.1, 0.15) is 0 Å². The number of nitrogens with one attached hydrogen (secondary N) is 1. The summed E-state index contributed by atoms with van der Waals surface area (Å²) in [6, 6.07) is 0. The van der Waals surface area contributed by atoms with Crippen LogP contribution in [-0.2, 0) is 16.0 Å². The van der Waals surface area contributed by atoms with Crippen LogP contribution in [0.5, 0.6) is 0 Å². The fourth-order valence-electron chi connectivity index (χ4n) is 0.996. The molecule has 0 bridgehead atoms. The quantitative estimate of drug-likeness (QED) is 0.714. The molecule has 0 aromatic carbocycles. The number of hydrogen-bond acceptors (Lipinski definition) is 4. The number of hydrogen-bond donors (Lipinski definition) is 1. The summed E-state index contributed by atoms with van der Waals surface area (Å²) in [5.41, 5.74) is 2.56. The normalized spacial score (nSPS) is 10.1. The summed E-state index contributed by atoms with van der Waals surface area (Å²) >= 11 is 1.50. The summed E-state index contributed by atoms with van der Waals surface area (Å²) in [5.74, 6) is 0.0204. The molecule has 5 heteroatoms. The molecule has 1 aromatic rings. The topological polar surface area (TPSA) is 51.2 Å². The largest absolute Gasteiger partial charge is 0.385 e. The maximum absolute atomic E-state index is 11.3. The average molecular weight is 214 g/mol. The first-order valence-corrected chi connectivity index (χ1v) is 5.40. The van der Waals surface area contributed by atoms with Crippen LogP contribution >= 0.6 is 11.3 Å². The molecule has 0 atom stereocenters. The van der Waals surface area contributed by atoms with Crippen molar-refractivity contribution in [2.45, 2.75) is 12.8 Å². The zero-order valence-electron chi connectivity index (χ0n) is 8.16. The molecule has 4 nitrogen and oxygen atoms in total. The van der Waals surface area contributed by atoms with Gasteiger partial charge in [-0.15, -0.1) is 11.3 Å². The first-order chi connectivity index (χ1) is 6.83. The molecule has 0 saturated heterocycles. The van der Waals surface area contributed by atoms with Crippen LogP contribution in [0.25, 0.3) is 0 Å². The van der Waals surface area contributed by atoms with Gasteiger partial charge in [0.2, 0.25) is 5.91 Å². The third kappa shape index (κ3) is 4.34. The number of thiazole rings is 1. The molecule has 0 spiro atoms. The Morgan fingerprint density at radius 3 is 3.21 bits per heavy atom. The molecule has 0 aliphatic carbocycles. The van der Waals surface area contributed by atoms with E-state index in [0.29, 0.717) is 19.6 Å². The lowest BCUT2D eigenvalue weighted by Gasteiger charge is -2.02. The molecule has 0 aliphatic rings. The molecular weight excluding hydrogens is 200 g/mol. The highest BCUT2D eigenvalue weighted by molar-refractivity contribution is 7.07. The zero-order valence-corrected chi connectivity index (χ0v) is 8.97. The Morgan fingerprint density at radius 1 is 1.71 bits per heavy atom. The van der Waals surface area contributed by atoms with Gasteiger partial charge in [0.05, 0.1) is 17.6 Å². The molecule has 0 aliphatic heterocycles. The van der Waals surface area contributed by atoms with E-state index >= 15 is 0 Å². The second-order valence-corrected chi connectivity index (χ2v) is 3.57. The molecule has 1 heterocycles. The van der Waals surface area contributed by atoms with Gasteiger partial charge >= 0.3 is 0 Å². The number of ether oxygens (including phenoxy) is 1. The van der Waals surface area contributed by atoms with Crippen molar-refractivity contribution in [2.75, 3.05) is 20.3 Å². The van der Waals surface area contributed by atoms with Crippen LogP contribution in [0.3, 0.4) is 0 Å². The highest BCUT2D eigenvalue weighted by Gasteiger charge is 2.03. The third-order valence-corrected chi connectivity index (χ3v) is 2.31. The highest BCUT2D eigenvalue weighted by Crippen LogP contribution is 2.01. The number of carbonyl (C=O) groups excluding carboxylic acids is 1. The minimum Gasteiger partial charge on any atom is -0.385 e. The Labute approximate surface area is 87.3 Å². The predicted molar refractivity (Wildman–Crippen MR) is 55.3 cm³/mol. The van der Waals surface area contributed by atoms with Gasteiger partial charge in [0.25, 0.3) is 0 Å². The van der Waals surface area contributed by atoms with Crippen LogP contribution in [0.15, 0.2) is 10.9 Å². The van der Waals surface area contributed by atoms with Gasteiger partial charge in [-0.05, 0) is 6.42 Å². The molecule has 78 valence electrons. The van der Waals surface area contributed by atoms with E-state index in [1.54, 1.807) is 12.6 Å². The Balaban J connectivity index is 2.11. The van der Waals surface area contributed by atoms with E-state index in [2.05, 4.69) is 10.3 Å². The SMILES string of the molecule is COCCCNC(=O)Cc1cscn1. The van der Waals surface area contributed by atoms with Gasteiger partial charge in [0.15, 0.2) is 0 Å². The lowest BCUT2D eigenvalue weighted by molar-refractivity contribution is -0.120. The molecule has 1 aromatic heterocycles. The average Bonchev–Trinajstić information content (AvgIpc) is 2.65. The Morgan fingerprint density at radius 2 is 2.57 bits per heavy atom. The van der Waals surface area contributed by atoms with E-state index in [1.807, 2.05) is 5.38 Å². The fraction of sp³-hybridized carbons (Fsp3) is 0.556. The summed E-state index contributed by atoms with van der Waals surface area (Å²) in [5, 5.41) is 4.69. The van der Waals surface area contributed by atoms with Crippen molar-refractivity contribution in [1.82, 2.24) is 10.3 Å². The molecule has 1 N–H and O–H groups in total. The summed E-state index contributed by atoms with van der Waals surface area (Å²) in [7, 11) is 1.65. The van der Waals surface area contributed by atoms with Crippen molar-refractivity contribution in [3.05, 3.63) is 16.6 Å². The molecule has 1 rings (SSSR count). The van der Waals surface area contributed by atoms with Crippen molar-refractivity contribution in [1.29, 1.82) is 0 Å². The number of methoxy groups -OCH3 is 1. The van der Waals surface area contributed by atoms with Gasteiger partial charge in [-0.3, -0.25) is 4.79 Å². The summed E-state index contributed by atoms with van der Waals surface area (Å²) in [4.78, 5) is 15.3. The van der Waals surface area contributed by atoms with E-state index in [-0.39, 0.29) is 5.91 Å². The minimum atomic E-state index is 0.0204. The molecule has 0 saturated carbocycles. The van der Waals surface area contributed by atoms with E-state index in [0.717, 1.165) is 12.1 Å². The summed E-state index contributed by atoms with van der Waals surface area (Å²) < 4.78 is 4.87. The Kier molecular flexibility index (Phi) is 5.17. The maximum Gasteiger partial charge on any atom is 0.226 e. The molecule has 0 radical (unpaired) electrons. The lowest BCUT2D eigenvalue weighted by Crippen LogP contribution is -2.26. The van der Waals surface area contributed by atoms with Gasteiger partial charge in [-0.1, -0.05) is 0 Å². The lowest BCUT2D eigenvalue weighted by atomic mass is 10.3. The van der Waals surface area contributed by atoms with Crippen molar-refractivity contribution in [3.63, 3.8) is 0 Å².